The van der Waals surface area contributed by atoms with Gasteiger partial charge in [0.1, 0.15) is 11.6 Å². The average molecular weight is 325 g/mol. The third-order valence-corrected chi connectivity index (χ3v) is 3.59. The van der Waals surface area contributed by atoms with Crippen LogP contribution in [0.5, 0.6) is 0 Å². The van der Waals surface area contributed by atoms with E-state index in [1.807, 2.05) is 0 Å². The van der Waals surface area contributed by atoms with Gasteiger partial charge in [0.2, 0.25) is 0 Å². The predicted octanol–water partition coefficient (Wildman–Crippen LogP) is 4.32. The topological polar surface area (TPSA) is 50.2 Å². The van der Waals surface area contributed by atoms with E-state index in [1.165, 1.54) is 18.3 Å². The fourth-order valence-corrected chi connectivity index (χ4v) is 2.53. The molecule has 3 rings (SSSR count). The van der Waals surface area contributed by atoms with Crippen LogP contribution in [0.1, 0.15) is 5.56 Å². The van der Waals surface area contributed by atoms with Gasteiger partial charge in [0.05, 0.1) is 12.1 Å². The molecule has 2 aromatic carbocycles. The van der Waals surface area contributed by atoms with Crippen molar-refractivity contribution < 1.29 is 18.7 Å². The van der Waals surface area contributed by atoms with Crippen LogP contribution in [0.25, 0.3) is 22.4 Å². The SMILES string of the molecule is O=C(O)Cc1cnc(-c2ccccc2F)c(-c2ccccc2F)c1. The molecule has 1 heterocycles. The van der Waals surface area contributed by atoms with Gasteiger partial charge in [-0.2, -0.15) is 0 Å². The van der Waals surface area contributed by atoms with E-state index in [0.29, 0.717) is 11.1 Å². The van der Waals surface area contributed by atoms with Crippen LogP contribution in [0, 0.1) is 11.6 Å². The first-order valence-electron chi connectivity index (χ1n) is 7.27. The average Bonchev–Trinajstić information content (AvgIpc) is 2.55. The molecule has 1 N–H and O–H groups in total. The summed E-state index contributed by atoms with van der Waals surface area (Å²) >= 11 is 0. The largest absolute Gasteiger partial charge is 0.481 e. The Bertz CT molecular complexity index is 909. The molecule has 0 unspecified atom stereocenters. The van der Waals surface area contributed by atoms with Crippen molar-refractivity contribution in [1.29, 1.82) is 0 Å². The van der Waals surface area contributed by atoms with Crippen LogP contribution in [0.3, 0.4) is 0 Å². The lowest BCUT2D eigenvalue weighted by Gasteiger charge is -2.12. The summed E-state index contributed by atoms with van der Waals surface area (Å²) in [5, 5.41) is 8.95. The molecule has 1 aromatic heterocycles. The molecule has 0 bridgehead atoms. The van der Waals surface area contributed by atoms with Crippen molar-refractivity contribution in [2.45, 2.75) is 6.42 Å². The van der Waals surface area contributed by atoms with Gasteiger partial charge in [0.15, 0.2) is 0 Å². The summed E-state index contributed by atoms with van der Waals surface area (Å²) < 4.78 is 28.4. The van der Waals surface area contributed by atoms with E-state index in [4.69, 9.17) is 5.11 Å². The molecular formula is C19H13F2NO2. The van der Waals surface area contributed by atoms with Gasteiger partial charge >= 0.3 is 5.97 Å². The van der Waals surface area contributed by atoms with Gasteiger partial charge in [-0.25, -0.2) is 8.78 Å². The van der Waals surface area contributed by atoms with Crippen molar-refractivity contribution in [3.8, 4) is 22.4 Å². The van der Waals surface area contributed by atoms with Gasteiger partial charge in [-0.3, -0.25) is 9.78 Å². The summed E-state index contributed by atoms with van der Waals surface area (Å²) in [7, 11) is 0. The second kappa shape index (κ2) is 6.58. The number of benzene rings is 2. The third-order valence-electron chi connectivity index (χ3n) is 3.59. The van der Waals surface area contributed by atoms with Crippen molar-refractivity contribution in [1.82, 2.24) is 4.98 Å². The summed E-state index contributed by atoms with van der Waals surface area (Å²) in [4.78, 5) is 15.1. The lowest BCUT2D eigenvalue weighted by atomic mass is 9.96. The van der Waals surface area contributed by atoms with Crippen molar-refractivity contribution in [2.24, 2.45) is 0 Å². The standard InChI is InChI=1S/C19H13F2NO2/c20-16-7-3-1-5-13(16)15-9-12(10-18(23)24)11-22-19(15)14-6-2-4-8-17(14)21/h1-9,11H,10H2,(H,23,24). The normalized spacial score (nSPS) is 10.6. The van der Waals surface area contributed by atoms with Crippen LogP contribution in [0.15, 0.2) is 60.8 Å². The summed E-state index contributed by atoms with van der Waals surface area (Å²) in [6.45, 7) is 0. The number of pyridine rings is 1. The number of carbonyl (C=O) groups is 1. The number of rotatable bonds is 4. The molecule has 0 spiro atoms. The Kier molecular flexibility index (Phi) is 4.33. The van der Waals surface area contributed by atoms with E-state index < -0.39 is 17.6 Å². The molecule has 0 saturated heterocycles. The fraction of sp³-hybridized carbons (Fsp3) is 0.0526. The van der Waals surface area contributed by atoms with Crippen LogP contribution in [-0.4, -0.2) is 16.1 Å². The third kappa shape index (κ3) is 3.15. The molecule has 0 radical (unpaired) electrons. The van der Waals surface area contributed by atoms with Gasteiger partial charge in [0.25, 0.3) is 0 Å². The number of hydrogen-bond donors (Lipinski definition) is 1. The van der Waals surface area contributed by atoms with Gasteiger partial charge in [-0.05, 0) is 29.8 Å². The highest BCUT2D eigenvalue weighted by atomic mass is 19.1. The molecule has 120 valence electrons. The maximum absolute atomic E-state index is 14.2. The molecule has 0 aliphatic heterocycles. The van der Waals surface area contributed by atoms with Crippen molar-refractivity contribution >= 4 is 5.97 Å². The molecule has 0 fully saturated rings. The van der Waals surface area contributed by atoms with E-state index in [0.717, 1.165) is 0 Å². The van der Waals surface area contributed by atoms with Gasteiger partial charge < -0.3 is 5.11 Å². The van der Waals surface area contributed by atoms with E-state index >= 15 is 0 Å². The first-order valence-corrected chi connectivity index (χ1v) is 7.27. The molecule has 0 aliphatic carbocycles. The monoisotopic (exact) mass is 325 g/mol. The van der Waals surface area contributed by atoms with Crippen LogP contribution in [0.2, 0.25) is 0 Å². The van der Waals surface area contributed by atoms with Gasteiger partial charge in [-0.15, -0.1) is 0 Å². The summed E-state index contributed by atoms with van der Waals surface area (Å²) in [5.74, 6) is -1.98. The zero-order valence-corrected chi connectivity index (χ0v) is 12.5. The van der Waals surface area contributed by atoms with E-state index in [1.54, 1.807) is 42.5 Å². The van der Waals surface area contributed by atoms with Crippen molar-refractivity contribution in [3.63, 3.8) is 0 Å². The molecule has 24 heavy (non-hydrogen) atoms. The van der Waals surface area contributed by atoms with Crippen LogP contribution >= 0.6 is 0 Å². The van der Waals surface area contributed by atoms with Crippen LogP contribution in [-0.2, 0) is 11.2 Å². The first-order chi connectivity index (χ1) is 11.6. The van der Waals surface area contributed by atoms with E-state index in [-0.39, 0.29) is 23.2 Å². The summed E-state index contributed by atoms with van der Waals surface area (Å²) in [6.07, 6.45) is 1.13. The molecular weight excluding hydrogens is 312 g/mol. The summed E-state index contributed by atoms with van der Waals surface area (Å²) in [6, 6.07) is 13.7. The maximum Gasteiger partial charge on any atom is 0.307 e. The Morgan fingerprint density at radius 2 is 1.50 bits per heavy atom. The Hall–Kier alpha value is -3.08. The quantitative estimate of drug-likeness (QED) is 0.777. The zero-order chi connectivity index (χ0) is 17.1. The number of carboxylic acid groups (broad SMARTS) is 1. The lowest BCUT2D eigenvalue weighted by Crippen LogP contribution is -2.02. The highest BCUT2D eigenvalue weighted by molar-refractivity contribution is 5.82. The number of aromatic nitrogens is 1. The van der Waals surface area contributed by atoms with Gasteiger partial charge in [0, 0.05) is 22.9 Å². The minimum atomic E-state index is -1.02. The molecule has 3 aromatic rings. The number of halogens is 2. The predicted molar refractivity (Wildman–Crippen MR) is 86.4 cm³/mol. The zero-order valence-electron chi connectivity index (χ0n) is 12.5. The molecule has 0 aliphatic rings. The Balaban J connectivity index is 2.24. The molecule has 0 saturated carbocycles. The van der Waals surface area contributed by atoms with Gasteiger partial charge in [-0.1, -0.05) is 30.3 Å². The second-order valence-corrected chi connectivity index (χ2v) is 5.27. The van der Waals surface area contributed by atoms with Crippen molar-refractivity contribution in [3.05, 3.63) is 78.0 Å². The Labute approximate surface area is 137 Å². The maximum atomic E-state index is 14.2. The number of aliphatic carboxylic acids is 1. The Morgan fingerprint density at radius 3 is 2.08 bits per heavy atom. The van der Waals surface area contributed by atoms with Crippen LogP contribution in [0.4, 0.5) is 8.78 Å². The molecule has 0 atom stereocenters. The first kappa shape index (κ1) is 15.8. The van der Waals surface area contributed by atoms with E-state index in [9.17, 15) is 13.6 Å². The molecule has 3 nitrogen and oxygen atoms in total. The number of hydrogen-bond acceptors (Lipinski definition) is 2. The minimum absolute atomic E-state index is 0.234. The smallest absolute Gasteiger partial charge is 0.307 e. The number of carboxylic acids is 1. The van der Waals surface area contributed by atoms with E-state index in [2.05, 4.69) is 4.98 Å². The second-order valence-electron chi connectivity index (χ2n) is 5.27. The highest BCUT2D eigenvalue weighted by Gasteiger charge is 2.16. The van der Waals surface area contributed by atoms with Crippen molar-refractivity contribution in [2.75, 3.05) is 0 Å². The summed E-state index contributed by atoms with van der Waals surface area (Å²) in [5.41, 5.74) is 1.53. The molecule has 0 amide bonds. The Morgan fingerprint density at radius 1 is 0.917 bits per heavy atom. The molecule has 5 heteroatoms. The number of nitrogens with zero attached hydrogens (tertiary/aromatic N) is 1. The highest BCUT2D eigenvalue weighted by Crippen LogP contribution is 2.33. The fourth-order valence-electron chi connectivity index (χ4n) is 2.53. The minimum Gasteiger partial charge on any atom is -0.481 e. The lowest BCUT2D eigenvalue weighted by molar-refractivity contribution is -0.136. The van der Waals surface area contributed by atoms with Crippen LogP contribution < -0.4 is 0 Å².